The monoisotopic (exact) mass is 456 g/mol. The second-order valence-corrected chi connectivity index (χ2v) is 9.15. The molecule has 0 radical (unpaired) electrons. The zero-order chi connectivity index (χ0) is 20.5. The summed E-state index contributed by atoms with van der Waals surface area (Å²) in [5.74, 6) is 0. The number of ether oxygens (including phenoxy) is 1. The maximum atomic E-state index is 12.5. The molecule has 0 aliphatic heterocycles. The second-order valence-electron chi connectivity index (χ2n) is 5.91. The summed E-state index contributed by atoms with van der Waals surface area (Å²) < 4.78 is 30.5. The van der Waals surface area contributed by atoms with Crippen LogP contribution in [-0.2, 0) is 9.84 Å². The Labute approximate surface area is 178 Å². The summed E-state index contributed by atoms with van der Waals surface area (Å²) in [5.41, 5.74) is 1.78. The van der Waals surface area contributed by atoms with Gasteiger partial charge in [-0.3, -0.25) is 0 Å². The molecule has 0 atom stereocenters. The van der Waals surface area contributed by atoms with Gasteiger partial charge in [-0.05, 0) is 42.8 Å². The molecule has 0 aliphatic carbocycles. The topological polar surface area (TPSA) is 69.2 Å². The summed E-state index contributed by atoms with van der Waals surface area (Å²) in [5, 5.41) is 1.15. The quantitative estimate of drug-likeness (QED) is 0.468. The number of sulfone groups is 1. The highest BCUT2D eigenvalue weighted by atomic mass is 35.5. The van der Waals surface area contributed by atoms with Crippen molar-refractivity contribution in [1.29, 1.82) is 0 Å². The third kappa shape index (κ3) is 4.58. The van der Waals surface area contributed by atoms with Gasteiger partial charge in [0.25, 0.3) is 0 Å². The first-order chi connectivity index (χ1) is 13.2. The van der Waals surface area contributed by atoms with Gasteiger partial charge in [0.15, 0.2) is 14.9 Å². The largest absolute Gasteiger partial charge is 0.464 e. The van der Waals surface area contributed by atoms with Gasteiger partial charge in [0, 0.05) is 32.5 Å². The van der Waals surface area contributed by atoms with E-state index in [0.29, 0.717) is 37.5 Å². The Kier molecular flexibility index (Phi) is 6.15. The van der Waals surface area contributed by atoms with Crippen LogP contribution in [-0.4, -0.2) is 31.2 Å². The minimum absolute atomic E-state index is 0.0493. The van der Waals surface area contributed by atoms with E-state index in [-0.39, 0.29) is 17.6 Å². The van der Waals surface area contributed by atoms with Crippen LogP contribution in [0, 0.1) is 0 Å². The van der Waals surface area contributed by atoms with Crippen LogP contribution in [0.15, 0.2) is 47.5 Å². The van der Waals surface area contributed by atoms with Gasteiger partial charge in [-0.15, -0.1) is 0 Å². The van der Waals surface area contributed by atoms with Crippen molar-refractivity contribution in [3.63, 3.8) is 0 Å². The molecule has 0 fully saturated rings. The first-order valence-electron chi connectivity index (χ1n) is 8.16. The van der Waals surface area contributed by atoms with E-state index in [1.165, 1.54) is 0 Å². The molecule has 0 N–H and O–H groups in total. The van der Waals surface area contributed by atoms with Gasteiger partial charge in [0.05, 0.1) is 12.3 Å². The van der Waals surface area contributed by atoms with E-state index >= 15 is 0 Å². The lowest BCUT2D eigenvalue weighted by Crippen LogP contribution is -2.09. The molecule has 3 aromatic rings. The zero-order valence-electron chi connectivity index (χ0n) is 14.9. The van der Waals surface area contributed by atoms with Crippen molar-refractivity contribution in [1.82, 2.24) is 9.97 Å². The molecule has 0 amide bonds. The number of hydrogen-bond donors (Lipinski definition) is 0. The Hall–Kier alpha value is -1.86. The van der Waals surface area contributed by atoms with Gasteiger partial charge >= 0.3 is 6.01 Å². The molecule has 0 aliphatic rings. The highest BCUT2D eigenvalue weighted by Crippen LogP contribution is 2.38. The van der Waals surface area contributed by atoms with E-state index < -0.39 is 9.84 Å². The van der Waals surface area contributed by atoms with Crippen molar-refractivity contribution in [3.05, 3.63) is 57.5 Å². The molecule has 9 heteroatoms. The number of aromatic nitrogens is 2. The third-order valence-electron chi connectivity index (χ3n) is 3.75. The van der Waals surface area contributed by atoms with Gasteiger partial charge in [-0.2, -0.15) is 9.97 Å². The van der Waals surface area contributed by atoms with Crippen LogP contribution in [0.2, 0.25) is 15.1 Å². The smallest absolute Gasteiger partial charge is 0.318 e. The summed E-state index contributed by atoms with van der Waals surface area (Å²) in [6.07, 6.45) is 1.08. The predicted molar refractivity (Wildman–Crippen MR) is 112 cm³/mol. The molecule has 146 valence electrons. The molecule has 1 heterocycles. The van der Waals surface area contributed by atoms with Gasteiger partial charge in [0.2, 0.25) is 0 Å². The summed E-state index contributed by atoms with van der Waals surface area (Å²) in [7, 11) is -3.71. The lowest BCUT2D eigenvalue weighted by molar-refractivity contribution is 0.310. The van der Waals surface area contributed by atoms with Gasteiger partial charge in [0.1, 0.15) is 0 Å². The van der Waals surface area contributed by atoms with E-state index in [1.807, 2.05) is 0 Å². The van der Waals surface area contributed by atoms with E-state index in [2.05, 4.69) is 9.97 Å². The number of benzene rings is 2. The highest BCUT2D eigenvalue weighted by Gasteiger charge is 2.25. The zero-order valence-corrected chi connectivity index (χ0v) is 18.0. The number of nitrogens with zero attached hydrogens (tertiary/aromatic N) is 2. The molecule has 2 aromatic carbocycles. The molecule has 0 saturated carbocycles. The summed E-state index contributed by atoms with van der Waals surface area (Å²) in [4.78, 5) is 8.58. The van der Waals surface area contributed by atoms with Crippen LogP contribution in [0.25, 0.3) is 22.4 Å². The summed E-state index contributed by atoms with van der Waals surface area (Å²) >= 11 is 18.3. The van der Waals surface area contributed by atoms with Crippen molar-refractivity contribution in [2.45, 2.75) is 11.9 Å². The van der Waals surface area contributed by atoms with Crippen molar-refractivity contribution in [2.24, 2.45) is 0 Å². The van der Waals surface area contributed by atoms with Gasteiger partial charge in [-0.25, -0.2) is 8.42 Å². The van der Waals surface area contributed by atoms with Crippen LogP contribution in [0.5, 0.6) is 6.01 Å². The Bertz CT molecular complexity index is 1110. The van der Waals surface area contributed by atoms with E-state index in [1.54, 1.807) is 49.4 Å². The van der Waals surface area contributed by atoms with Gasteiger partial charge in [-0.1, -0.05) is 46.9 Å². The lowest BCUT2D eigenvalue weighted by Gasteiger charge is -2.15. The van der Waals surface area contributed by atoms with Crippen LogP contribution in [0.1, 0.15) is 6.92 Å². The van der Waals surface area contributed by atoms with Gasteiger partial charge < -0.3 is 4.74 Å². The Morgan fingerprint density at radius 1 is 0.893 bits per heavy atom. The Morgan fingerprint density at radius 3 is 2.04 bits per heavy atom. The SMILES string of the molecule is CCOc1nc(-c2cc(Cl)cc(Cl)c2)c(-c2ccc(Cl)cc2)c(S(C)(=O)=O)n1. The van der Waals surface area contributed by atoms with E-state index in [0.717, 1.165) is 6.26 Å². The first kappa shape index (κ1) is 20.9. The lowest BCUT2D eigenvalue weighted by atomic mass is 10.0. The highest BCUT2D eigenvalue weighted by molar-refractivity contribution is 7.90. The predicted octanol–water partition coefficient (Wildman–Crippen LogP) is 5.57. The van der Waals surface area contributed by atoms with E-state index in [4.69, 9.17) is 39.5 Å². The van der Waals surface area contributed by atoms with Crippen LogP contribution < -0.4 is 4.74 Å². The summed E-state index contributed by atoms with van der Waals surface area (Å²) in [6, 6.07) is 11.6. The van der Waals surface area contributed by atoms with Crippen LogP contribution >= 0.6 is 34.8 Å². The normalized spacial score (nSPS) is 11.5. The van der Waals surface area contributed by atoms with Crippen molar-refractivity contribution >= 4 is 44.6 Å². The second kappa shape index (κ2) is 8.25. The van der Waals surface area contributed by atoms with Crippen molar-refractivity contribution in [2.75, 3.05) is 12.9 Å². The Balaban J connectivity index is 2.43. The van der Waals surface area contributed by atoms with Crippen molar-refractivity contribution in [3.8, 4) is 28.4 Å². The molecular weight excluding hydrogens is 443 g/mol. The van der Waals surface area contributed by atoms with E-state index in [9.17, 15) is 8.42 Å². The third-order valence-corrected chi connectivity index (χ3v) is 5.44. The Morgan fingerprint density at radius 2 is 1.50 bits per heavy atom. The fourth-order valence-corrected chi connectivity index (χ4v) is 4.14. The molecule has 0 unspecified atom stereocenters. The maximum absolute atomic E-state index is 12.5. The minimum atomic E-state index is -3.71. The minimum Gasteiger partial charge on any atom is -0.464 e. The number of halogens is 3. The molecule has 5 nitrogen and oxygen atoms in total. The number of hydrogen-bond acceptors (Lipinski definition) is 5. The average molecular weight is 458 g/mol. The molecule has 0 bridgehead atoms. The molecule has 1 aromatic heterocycles. The molecule has 3 rings (SSSR count). The molecular formula is C19H15Cl3N2O3S. The fourth-order valence-electron chi connectivity index (χ4n) is 2.66. The summed E-state index contributed by atoms with van der Waals surface area (Å²) in [6.45, 7) is 2.03. The van der Waals surface area contributed by atoms with Crippen LogP contribution in [0.3, 0.4) is 0 Å². The fraction of sp³-hybridized carbons (Fsp3) is 0.158. The maximum Gasteiger partial charge on any atom is 0.318 e. The standard InChI is InChI=1S/C19H15Cl3N2O3S/c1-3-27-19-23-17(12-8-14(21)10-15(22)9-12)16(18(24-19)28(2,25)26)11-4-6-13(20)7-5-11/h4-10H,3H2,1-2H3. The first-order valence-corrected chi connectivity index (χ1v) is 11.2. The molecule has 28 heavy (non-hydrogen) atoms. The molecule has 0 spiro atoms. The van der Waals surface area contributed by atoms with Crippen LogP contribution in [0.4, 0.5) is 0 Å². The number of rotatable bonds is 5. The molecule has 0 saturated heterocycles. The van der Waals surface area contributed by atoms with Crippen molar-refractivity contribution < 1.29 is 13.2 Å². The average Bonchev–Trinajstić information content (AvgIpc) is 2.60.